The maximum Gasteiger partial charge on any atom is 1.00 e. The van der Waals surface area contributed by atoms with Crippen molar-refractivity contribution in [3.05, 3.63) is 40.9 Å². The van der Waals surface area contributed by atoms with Gasteiger partial charge >= 0.3 is 18.9 Å². The number of ether oxygens (including phenoxy) is 1. The molecule has 1 aliphatic heterocycles. The second-order valence-corrected chi connectivity index (χ2v) is 8.54. The van der Waals surface area contributed by atoms with Crippen molar-refractivity contribution in [2.75, 3.05) is 19.7 Å². The van der Waals surface area contributed by atoms with Crippen LogP contribution in [0.5, 0.6) is 5.75 Å². The molecule has 0 unspecified atom stereocenters. The minimum atomic E-state index is -3.85. The average Bonchev–Trinajstić information content (AvgIpc) is 2.65. The van der Waals surface area contributed by atoms with Crippen molar-refractivity contribution in [1.82, 2.24) is 9.62 Å². The van der Waals surface area contributed by atoms with Gasteiger partial charge in [-0.2, -0.15) is 10.5 Å². The number of carbonyl (C=O) groups is 1. The summed E-state index contributed by atoms with van der Waals surface area (Å²) in [7, 11) is -3.85. The number of nitrogens with zero attached hydrogens (tertiary/aromatic N) is 3. The number of unbranched alkanes of at least 4 members (excludes halogenated alkanes) is 1. The van der Waals surface area contributed by atoms with E-state index in [0.29, 0.717) is 6.42 Å². The van der Waals surface area contributed by atoms with E-state index in [4.69, 9.17) is 4.74 Å². The standard InChI is InChI=1S/C20H25N4O5S.Li/c1-4-6-9-22-14(3)10-19(26)23-20(21)17-11-16(7-8-18(17)29-5-2)30(27,28)24-12-15(25)13-24;/h7-8,11,15,25H,4-6,12-13H2,1-3H3,(H-,21,23,26);/q-3;+1. The largest absolute Gasteiger partial charge is 1.00 e. The van der Waals surface area contributed by atoms with Crippen LogP contribution in [0.3, 0.4) is 0 Å². The molecule has 0 aromatic heterocycles. The number of β-amino-alcohol motifs (C(OH)–C–C–N with tert-alkyl or cyclic N) is 1. The minimum Gasteiger partial charge on any atom is -0.511 e. The Labute approximate surface area is 195 Å². The molecule has 0 spiro atoms. The van der Waals surface area contributed by atoms with Gasteiger partial charge in [-0.05, 0) is 31.0 Å². The summed E-state index contributed by atoms with van der Waals surface area (Å²) >= 11 is 0. The number of amidine groups is 1. The Morgan fingerprint density at radius 1 is 1.39 bits per heavy atom. The van der Waals surface area contributed by atoms with Gasteiger partial charge in [-0.1, -0.05) is 25.6 Å². The summed E-state index contributed by atoms with van der Waals surface area (Å²) in [5.74, 6) is -1.13. The van der Waals surface area contributed by atoms with Crippen LogP contribution in [0, 0.1) is 6.08 Å². The summed E-state index contributed by atoms with van der Waals surface area (Å²) in [5.41, 5.74) is 0.291. The summed E-state index contributed by atoms with van der Waals surface area (Å²) in [4.78, 5) is 16.0. The molecule has 9 nitrogen and oxygen atoms in total. The fourth-order valence-corrected chi connectivity index (χ4v) is 4.12. The van der Waals surface area contributed by atoms with E-state index in [1.807, 2.05) is 6.92 Å². The van der Waals surface area contributed by atoms with Gasteiger partial charge in [0.1, 0.15) is 5.75 Å². The fraction of sp³-hybridized carbons (Fsp3) is 0.450. The van der Waals surface area contributed by atoms with Gasteiger partial charge in [0, 0.05) is 18.7 Å². The summed E-state index contributed by atoms with van der Waals surface area (Å²) in [5, 5.41) is 22.1. The van der Waals surface area contributed by atoms with Crippen LogP contribution in [-0.2, 0) is 14.8 Å². The van der Waals surface area contributed by atoms with Gasteiger partial charge in [0.05, 0.1) is 17.6 Å². The zero-order chi connectivity index (χ0) is 22.3. The van der Waals surface area contributed by atoms with Gasteiger partial charge in [0.25, 0.3) is 0 Å². The third-order valence-corrected chi connectivity index (χ3v) is 5.94. The SMILES string of the molecule is CCC[C-]=NC(C)=[C-]C(=O)NC(=[N-])c1cc(S(=O)(=O)N2CC(O)C2)ccc1OCC.[Li+]. The van der Waals surface area contributed by atoms with Gasteiger partial charge in [-0.3, -0.25) is 5.70 Å². The quantitative estimate of drug-likeness (QED) is 0.156. The molecule has 0 radical (unpaired) electrons. The van der Waals surface area contributed by atoms with Gasteiger partial charge in [0.2, 0.25) is 10.0 Å². The van der Waals surface area contributed by atoms with E-state index in [2.05, 4.69) is 22.6 Å². The third-order valence-electron chi connectivity index (χ3n) is 4.11. The second-order valence-electron chi connectivity index (χ2n) is 6.60. The molecule has 1 amide bonds. The molecule has 0 saturated carbocycles. The van der Waals surface area contributed by atoms with Crippen LogP contribution in [0.4, 0.5) is 0 Å². The Morgan fingerprint density at radius 3 is 2.65 bits per heavy atom. The number of carbonyl (C=O) groups excluding carboxylic acids is 1. The average molecular weight is 440 g/mol. The fourth-order valence-electron chi connectivity index (χ4n) is 2.58. The molecule has 11 heteroatoms. The molecule has 164 valence electrons. The minimum absolute atomic E-state index is 0. The summed E-state index contributed by atoms with van der Waals surface area (Å²) in [6, 6.07) is 3.96. The number of amides is 1. The number of hydrogen-bond donors (Lipinski definition) is 2. The summed E-state index contributed by atoms with van der Waals surface area (Å²) in [6.07, 6.45) is 6.03. The number of aliphatic imine (C=N–C) groups is 1. The molecular weight excluding hydrogens is 415 g/mol. The van der Waals surface area contributed by atoms with Gasteiger partial charge in [-0.25, -0.2) is 8.42 Å². The first kappa shape index (κ1) is 27.1. The van der Waals surface area contributed by atoms with E-state index < -0.39 is 27.9 Å². The maximum absolute atomic E-state index is 12.7. The first-order valence-electron chi connectivity index (χ1n) is 9.55. The molecule has 1 aromatic carbocycles. The van der Waals surface area contributed by atoms with Crippen LogP contribution in [0.2, 0.25) is 0 Å². The number of aliphatic hydroxyl groups is 1. The van der Waals surface area contributed by atoms with Crippen molar-refractivity contribution in [1.29, 1.82) is 0 Å². The number of aliphatic hydroxyl groups excluding tert-OH is 1. The van der Waals surface area contributed by atoms with Crippen molar-refractivity contribution in [2.45, 2.75) is 44.6 Å². The third kappa shape index (κ3) is 7.30. The predicted octanol–water partition coefficient (Wildman–Crippen LogP) is -1.66. The Hall–Kier alpha value is -1.96. The van der Waals surface area contributed by atoms with Crippen LogP contribution in [0.15, 0.2) is 33.8 Å². The first-order chi connectivity index (χ1) is 14.2. The van der Waals surface area contributed by atoms with Crippen LogP contribution in [0.1, 0.15) is 39.2 Å². The van der Waals surface area contributed by atoms with E-state index in [1.54, 1.807) is 13.8 Å². The zero-order valence-corrected chi connectivity index (χ0v) is 19.0. The van der Waals surface area contributed by atoms with Crippen LogP contribution in [-0.4, -0.2) is 61.6 Å². The van der Waals surface area contributed by atoms with E-state index in [1.165, 1.54) is 18.2 Å². The molecule has 31 heavy (non-hydrogen) atoms. The maximum atomic E-state index is 12.7. The van der Waals surface area contributed by atoms with E-state index >= 15 is 0 Å². The summed E-state index contributed by atoms with van der Waals surface area (Å²) in [6.45, 7) is 5.55. The van der Waals surface area contributed by atoms with Crippen LogP contribution >= 0.6 is 0 Å². The number of allylic oxidation sites excluding steroid dienone is 1. The Balaban J connectivity index is 0.00000480. The number of rotatable bonds is 9. The van der Waals surface area contributed by atoms with Crippen LogP contribution in [0.25, 0.3) is 5.41 Å². The van der Waals surface area contributed by atoms with E-state index in [9.17, 15) is 23.7 Å². The Bertz CT molecular complexity index is 956. The number of sulfonamides is 1. The monoisotopic (exact) mass is 440 g/mol. The number of benzene rings is 1. The first-order valence-corrected chi connectivity index (χ1v) is 11.0. The molecule has 1 aliphatic rings. The van der Waals surface area contributed by atoms with Crippen molar-refractivity contribution >= 4 is 28.0 Å². The molecule has 0 bridgehead atoms. The molecule has 1 heterocycles. The van der Waals surface area contributed by atoms with Crippen molar-refractivity contribution in [3.8, 4) is 5.75 Å². The Morgan fingerprint density at radius 2 is 2.06 bits per heavy atom. The number of nitrogens with one attached hydrogen (secondary N) is 1. The zero-order valence-electron chi connectivity index (χ0n) is 18.2. The number of hydrogen-bond acceptors (Lipinski definition) is 6. The summed E-state index contributed by atoms with van der Waals surface area (Å²) < 4.78 is 31.9. The van der Waals surface area contributed by atoms with Crippen molar-refractivity contribution in [3.63, 3.8) is 0 Å². The van der Waals surface area contributed by atoms with Crippen molar-refractivity contribution in [2.24, 2.45) is 4.99 Å². The van der Waals surface area contributed by atoms with Gasteiger partial charge < -0.3 is 36.4 Å². The Kier molecular flexibility index (Phi) is 10.6. The molecule has 0 atom stereocenters. The molecule has 2 rings (SSSR count). The topological polar surface area (TPSA) is 131 Å². The van der Waals surface area contributed by atoms with Crippen LogP contribution < -0.4 is 28.9 Å². The van der Waals surface area contributed by atoms with Gasteiger partial charge in [0.15, 0.2) is 0 Å². The smallest absolute Gasteiger partial charge is 0.511 e. The normalized spacial score (nSPS) is 15.3. The molecule has 1 fully saturated rings. The molecule has 1 aromatic rings. The molecule has 0 aliphatic carbocycles. The van der Waals surface area contributed by atoms with E-state index in [0.717, 1.165) is 10.7 Å². The molecule has 1 saturated heterocycles. The predicted molar refractivity (Wildman–Crippen MR) is 113 cm³/mol. The van der Waals surface area contributed by atoms with E-state index in [-0.39, 0.29) is 60.5 Å². The van der Waals surface area contributed by atoms with Gasteiger partial charge in [-0.15, -0.1) is 6.92 Å². The molecular formula is C20H25LiN4O5S-2. The van der Waals surface area contributed by atoms with Crippen molar-refractivity contribution < 1.29 is 41.9 Å². The second kappa shape index (κ2) is 12.2. The molecule has 2 N–H and O–H groups in total.